The number of hydrogen-bond acceptors (Lipinski definition) is 7. The van der Waals surface area contributed by atoms with Gasteiger partial charge in [-0.3, -0.25) is 14.9 Å². The summed E-state index contributed by atoms with van der Waals surface area (Å²) in [5.41, 5.74) is 2.36. The summed E-state index contributed by atoms with van der Waals surface area (Å²) in [6.45, 7) is 0.155. The standard InChI is InChI=1S/C24H17N3O6/c1-31-21-9-7-15(27(29)30)11-20(21)26-24(28)17-12-19(25-18-5-3-2-4-16(17)18)14-6-8-22-23(10-14)33-13-32-22/h2-12H,13H2,1H3,(H,26,28). The van der Waals surface area contributed by atoms with E-state index in [1.165, 1.54) is 25.3 Å². The Labute approximate surface area is 187 Å². The summed E-state index contributed by atoms with van der Waals surface area (Å²) in [5.74, 6) is 1.11. The number of methoxy groups -OCH3 is 1. The van der Waals surface area contributed by atoms with Crippen LogP contribution in [0.15, 0.2) is 66.7 Å². The Morgan fingerprint density at radius 1 is 1.06 bits per heavy atom. The number of pyridine rings is 1. The quantitative estimate of drug-likeness (QED) is 0.348. The number of fused-ring (bicyclic) bond motifs is 2. The van der Waals surface area contributed by atoms with Crippen LogP contribution in [-0.2, 0) is 0 Å². The van der Waals surface area contributed by atoms with Crippen LogP contribution in [0.1, 0.15) is 10.4 Å². The van der Waals surface area contributed by atoms with Crippen molar-refractivity contribution in [3.05, 3.63) is 82.4 Å². The van der Waals surface area contributed by atoms with Gasteiger partial charge >= 0.3 is 0 Å². The molecule has 0 bridgehead atoms. The smallest absolute Gasteiger partial charge is 0.271 e. The Morgan fingerprint density at radius 2 is 1.88 bits per heavy atom. The number of nitrogens with zero attached hydrogens (tertiary/aromatic N) is 2. The molecule has 0 aliphatic carbocycles. The van der Waals surface area contributed by atoms with E-state index in [9.17, 15) is 14.9 Å². The van der Waals surface area contributed by atoms with Crippen LogP contribution in [-0.4, -0.2) is 29.7 Å². The lowest BCUT2D eigenvalue weighted by molar-refractivity contribution is -0.384. The Hall–Kier alpha value is -4.66. The maximum Gasteiger partial charge on any atom is 0.271 e. The van der Waals surface area contributed by atoms with E-state index in [0.29, 0.717) is 39.4 Å². The van der Waals surface area contributed by atoms with Gasteiger partial charge in [-0.2, -0.15) is 0 Å². The molecule has 0 radical (unpaired) electrons. The van der Waals surface area contributed by atoms with Gasteiger partial charge in [-0.25, -0.2) is 4.98 Å². The number of non-ortho nitro benzene ring substituents is 1. The van der Waals surface area contributed by atoms with Gasteiger partial charge in [0, 0.05) is 23.1 Å². The number of amides is 1. The topological polar surface area (TPSA) is 113 Å². The summed E-state index contributed by atoms with van der Waals surface area (Å²) in [7, 11) is 1.43. The zero-order valence-corrected chi connectivity index (χ0v) is 17.4. The SMILES string of the molecule is COc1ccc([N+](=O)[O-])cc1NC(=O)c1cc(-c2ccc3c(c2)OCO3)nc2ccccc12. The predicted molar refractivity (Wildman–Crippen MR) is 121 cm³/mol. The van der Waals surface area contributed by atoms with Crippen molar-refractivity contribution in [3.8, 4) is 28.5 Å². The number of aromatic nitrogens is 1. The lowest BCUT2D eigenvalue weighted by atomic mass is 10.0. The fourth-order valence-corrected chi connectivity index (χ4v) is 3.66. The first kappa shape index (κ1) is 20.3. The Bertz CT molecular complexity index is 1420. The van der Waals surface area contributed by atoms with Crippen molar-refractivity contribution in [2.45, 2.75) is 0 Å². The number of carbonyl (C=O) groups excluding carboxylic acids is 1. The number of carbonyl (C=O) groups is 1. The van der Waals surface area contributed by atoms with E-state index in [-0.39, 0.29) is 18.2 Å². The summed E-state index contributed by atoms with van der Waals surface area (Å²) in [4.78, 5) is 28.7. The molecule has 1 aliphatic heterocycles. The van der Waals surface area contributed by atoms with Gasteiger partial charge in [-0.15, -0.1) is 0 Å². The molecule has 2 heterocycles. The van der Waals surface area contributed by atoms with E-state index < -0.39 is 10.8 Å². The van der Waals surface area contributed by atoms with Gasteiger partial charge in [0.25, 0.3) is 11.6 Å². The van der Waals surface area contributed by atoms with Crippen LogP contribution in [0.5, 0.6) is 17.2 Å². The molecule has 33 heavy (non-hydrogen) atoms. The Balaban J connectivity index is 1.59. The summed E-state index contributed by atoms with van der Waals surface area (Å²) < 4.78 is 16.1. The third-order valence-electron chi connectivity index (χ3n) is 5.27. The number of anilines is 1. The molecular weight excluding hydrogens is 426 g/mol. The van der Waals surface area contributed by atoms with E-state index in [2.05, 4.69) is 5.32 Å². The number of nitro benzene ring substituents is 1. The van der Waals surface area contributed by atoms with Crippen LogP contribution in [0.2, 0.25) is 0 Å². The first-order valence-corrected chi connectivity index (χ1v) is 9.97. The zero-order chi connectivity index (χ0) is 22.9. The number of para-hydroxylation sites is 1. The lowest BCUT2D eigenvalue weighted by Gasteiger charge is -2.13. The van der Waals surface area contributed by atoms with Gasteiger partial charge in [0.05, 0.1) is 34.5 Å². The van der Waals surface area contributed by atoms with Crippen molar-refractivity contribution in [1.29, 1.82) is 0 Å². The maximum absolute atomic E-state index is 13.3. The molecular formula is C24H17N3O6. The van der Waals surface area contributed by atoms with Crippen LogP contribution >= 0.6 is 0 Å². The fraction of sp³-hybridized carbons (Fsp3) is 0.0833. The van der Waals surface area contributed by atoms with Crippen LogP contribution in [0.4, 0.5) is 11.4 Å². The highest BCUT2D eigenvalue weighted by atomic mass is 16.7. The molecule has 164 valence electrons. The third-order valence-corrected chi connectivity index (χ3v) is 5.27. The average Bonchev–Trinajstić information content (AvgIpc) is 3.31. The van der Waals surface area contributed by atoms with Crippen molar-refractivity contribution in [1.82, 2.24) is 4.98 Å². The van der Waals surface area contributed by atoms with E-state index in [4.69, 9.17) is 19.2 Å². The van der Waals surface area contributed by atoms with Crippen LogP contribution in [0, 0.1) is 10.1 Å². The second kappa shape index (κ2) is 8.12. The van der Waals surface area contributed by atoms with E-state index in [1.807, 2.05) is 30.3 Å². The largest absolute Gasteiger partial charge is 0.495 e. The minimum atomic E-state index is -0.533. The average molecular weight is 443 g/mol. The molecule has 0 saturated carbocycles. The molecule has 9 nitrogen and oxygen atoms in total. The maximum atomic E-state index is 13.3. The van der Waals surface area contributed by atoms with Gasteiger partial charge in [0.15, 0.2) is 11.5 Å². The van der Waals surface area contributed by atoms with Gasteiger partial charge < -0.3 is 19.5 Å². The number of nitrogens with one attached hydrogen (secondary N) is 1. The fourth-order valence-electron chi connectivity index (χ4n) is 3.66. The monoisotopic (exact) mass is 443 g/mol. The predicted octanol–water partition coefficient (Wildman–Crippen LogP) is 4.80. The third kappa shape index (κ3) is 3.76. The lowest BCUT2D eigenvalue weighted by Crippen LogP contribution is -2.14. The van der Waals surface area contributed by atoms with Crippen molar-refractivity contribution in [3.63, 3.8) is 0 Å². The van der Waals surface area contributed by atoms with Crippen LogP contribution < -0.4 is 19.5 Å². The minimum absolute atomic E-state index is 0.155. The molecule has 1 aromatic heterocycles. The Kier molecular flexibility index (Phi) is 4.98. The molecule has 9 heteroatoms. The number of ether oxygens (including phenoxy) is 3. The van der Waals surface area contributed by atoms with Gasteiger partial charge in [-0.1, -0.05) is 18.2 Å². The van der Waals surface area contributed by atoms with Crippen molar-refractivity contribution < 1.29 is 23.9 Å². The summed E-state index contributed by atoms with van der Waals surface area (Å²) in [5, 5.41) is 14.6. The number of hydrogen-bond donors (Lipinski definition) is 1. The molecule has 0 spiro atoms. The molecule has 5 rings (SSSR count). The first-order valence-electron chi connectivity index (χ1n) is 9.97. The normalized spacial score (nSPS) is 11.9. The summed E-state index contributed by atoms with van der Waals surface area (Å²) in [6.07, 6.45) is 0. The van der Waals surface area contributed by atoms with Crippen molar-refractivity contribution in [2.24, 2.45) is 0 Å². The highest BCUT2D eigenvalue weighted by molar-refractivity contribution is 6.13. The minimum Gasteiger partial charge on any atom is -0.495 e. The first-order chi connectivity index (χ1) is 16.0. The number of benzene rings is 3. The molecule has 1 amide bonds. The van der Waals surface area contributed by atoms with Gasteiger partial charge in [-0.05, 0) is 36.4 Å². The summed E-state index contributed by atoms with van der Waals surface area (Å²) in [6, 6.07) is 18.4. The van der Waals surface area contributed by atoms with Crippen molar-refractivity contribution in [2.75, 3.05) is 19.2 Å². The second-order valence-electron chi connectivity index (χ2n) is 7.24. The second-order valence-corrected chi connectivity index (χ2v) is 7.24. The molecule has 0 unspecified atom stereocenters. The highest BCUT2D eigenvalue weighted by Crippen LogP contribution is 2.36. The van der Waals surface area contributed by atoms with Crippen molar-refractivity contribution >= 4 is 28.2 Å². The van der Waals surface area contributed by atoms with Gasteiger partial charge in [0.1, 0.15) is 5.75 Å². The van der Waals surface area contributed by atoms with Crippen LogP contribution in [0.3, 0.4) is 0 Å². The molecule has 1 N–H and O–H groups in total. The van der Waals surface area contributed by atoms with E-state index >= 15 is 0 Å². The molecule has 0 fully saturated rings. The zero-order valence-electron chi connectivity index (χ0n) is 17.4. The molecule has 0 atom stereocenters. The number of nitro groups is 1. The van der Waals surface area contributed by atoms with Crippen LogP contribution in [0.25, 0.3) is 22.2 Å². The molecule has 3 aromatic carbocycles. The molecule has 1 aliphatic rings. The molecule has 0 saturated heterocycles. The molecule has 4 aromatic rings. The van der Waals surface area contributed by atoms with Gasteiger partial charge in [0.2, 0.25) is 6.79 Å². The highest BCUT2D eigenvalue weighted by Gasteiger charge is 2.19. The number of rotatable bonds is 5. The van der Waals surface area contributed by atoms with E-state index in [0.717, 1.165) is 5.56 Å². The Morgan fingerprint density at radius 3 is 2.70 bits per heavy atom. The summed E-state index contributed by atoms with van der Waals surface area (Å²) >= 11 is 0. The van der Waals surface area contributed by atoms with E-state index in [1.54, 1.807) is 18.2 Å².